The molecular weight excluding hydrogens is 334 g/mol. The average Bonchev–Trinajstić information content (AvgIpc) is 3.03. The van der Waals surface area contributed by atoms with Crippen LogP contribution in [0.4, 0.5) is 4.79 Å². The summed E-state index contributed by atoms with van der Waals surface area (Å²) in [6, 6.07) is 12.4. The molecule has 7 nitrogen and oxygen atoms in total. The van der Waals surface area contributed by atoms with Crippen molar-refractivity contribution in [1.82, 2.24) is 15.2 Å². The van der Waals surface area contributed by atoms with Crippen molar-refractivity contribution in [3.63, 3.8) is 0 Å². The number of ether oxygens (including phenoxy) is 2. The first-order valence-electron chi connectivity index (χ1n) is 8.41. The second-order valence-corrected chi connectivity index (χ2v) is 5.93. The number of cyclic esters (lactones) is 1. The lowest BCUT2D eigenvalue weighted by molar-refractivity contribution is -0.124. The Kier molecular flexibility index (Phi) is 5.68. The van der Waals surface area contributed by atoms with Gasteiger partial charge in [0, 0.05) is 24.9 Å². The summed E-state index contributed by atoms with van der Waals surface area (Å²) >= 11 is 0. The van der Waals surface area contributed by atoms with Crippen LogP contribution in [0, 0.1) is 0 Å². The molecule has 7 heteroatoms. The Morgan fingerprint density at radius 3 is 3.00 bits per heavy atom. The Morgan fingerprint density at radius 2 is 2.23 bits per heavy atom. The number of benzene rings is 1. The van der Waals surface area contributed by atoms with E-state index < -0.39 is 12.1 Å². The van der Waals surface area contributed by atoms with Gasteiger partial charge in [-0.2, -0.15) is 0 Å². The van der Waals surface area contributed by atoms with Crippen molar-refractivity contribution in [3.8, 4) is 5.75 Å². The molecule has 26 heavy (non-hydrogen) atoms. The number of pyridine rings is 1. The van der Waals surface area contributed by atoms with E-state index in [1.807, 2.05) is 42.5 Å². The second kappa shape index (κ2) is 8.33. The van der Waals surface area contributed by atoms with E-state index in [9.17, 15) is 9.59 Å². The molecular formula is C19H21N3O4. The van der Waals surface area contributed by atoms with Gasteiger partial charge in [0.1, 0.15) is 18.4 Å². The fraction of sp³-hybridized carbons (Fsp3) is 0.316. The first kappa shape index (κ1) is 17.7. The number of rotatable bonds is 7. The monoisotopic (exact) mass is 355 g/mol. The van der Waals surface area contributed by atoms with E-state index in [0.29, 0.717) is 18.7 Å². The fourth-order valence-electron chi connectivity index (χ4n) is 2.79. The Bertz CT molecular complexity index is 766. The molecule has 2 aromatic rings. The van der Waals surface area contributed by atoms with Crippen molar-refractivity contribution < 1.29 is 19.1 Å². The number of nitrogens with one attached hydrogen (secondary N) is 1. The Balaban J connectivity index is 1.58. The van der Waals surface area contributed by atoms with Gasteiger partial charge in [0.05, 0.1) is 13.7 Å². The lowest BCUT2D eigenvalue weighted by Gasteiger charge is -2.21. The molecule has 136 valence electrons. The molecule has 0 saturated carbocycles. The second-order valence-electron chi connectivity index (χ2n) is 5.93. The highest BCUT2D eigenvalue weighted by atomic mass is 16.6. The number of aromatic nitrogens is 1. The number of hydrogen-bond donors (Lipinski definition) is 1. The zero-order chi connectivity index (χ0) is 18.4. The zero-order valence-corrected chi connectivity index (χ0v) is 14.6. The van der Waals surface area contributed by atoms with E-state index >= 15 is 0 Å². The first-order chi connectivity index (χ1) is 12.7. The van der Waals surface area contributed by atoms with Gasteiger partial charge in [-0.05, 0) is 29.8 Å². The third-order valence-corrected chi connectivity index (χ3v) is 4.17. The molecule has 1 fully saturated rings. The molecule has 2 heterocycles. The highest BCUT2D eigenvalue weighted by molar-refractivity contribution is 5.87. The van der Waals surface area contributed by atoms with Gasteiger partial charge in [-0.25, -0.2) is 4.79 Å². The van der Waals surface area contributed by atoms with E-state index in [4.69, 9.17) is 9.47 Å². The van der Waals surface area contributed by atoms with E-state index in [1.165, 1.54) is 4.90 Å². The van der Waals surface area contributed by atoms with E-state index in [-0.39, 0.29) is 19.1 Å². The maximum absolute atomic E-state index is 12.5. The van der Waals surface area contributed by atoms with Gasteiger partial charge in [-0.3, -0.25) is 14.7 Å². The average molecular weight is 355 g/mol. The summed E-state index contributed by atoms with van der Waals surface area (Å²) in [5, 5.41) is 2.85. The van der Waals surface area contributed by atoms with Gasteiger partial charge in [-0.1, -0.05) is 18.2 Å². The van der Waals surface area contributed by atoms with Gasteiger partial charge < -0.3 is 14.8 Å². The molecule has 1 aromatic carbocycles. The normalized spacial score (nSPS) is 16.3. The van der Waals surface area contributed by atoms with Crippen molar-refractivity contribution in [2.24, 2.45) is 0 Å². The molecule has 1 saturated heterocycles. The summed E-state index contributed by atoms with van der Waals surface area (Å²) in [7, 11) is 1.58. The molecule has 1 aliphatic heterocycles. The Hall–Kier alpha value is -3.09. The number of hydrogen-bond acceptors (Lipinski definition) is 5. The molecule has 1 aromatic heterocycles. The first-order valence-corrected chi connectivity index (χ1v) is 8.41. The molecule has 3 rings (SSSR count). The zero-order valence-electron chi connectivity index (χ0n) is 14.6. The van der Waals surface area contributed by atoms with Crippen molar-refractivity contribution in [2.75, 3.05) is 20.3 Å². The minimum atomic E-state index is -0.641. The smallest absolute Gasteiger partial charge is 0.410 e. The summed E-state index contributed by atoms with van der Waals surface area (Å²) in [4.78, 5) is 30.2. The third kappa shape index (κ3) is 4.30. The molecule has 0 spiro atoms. The molecule has 1 atom stereocenters. The van der Waals surface area contributed by atoms with Gasteiger partial charge in [0.25, 0.3) is 0 Å². The van der Waals surface area contributed by atoms with Crippen LogP contribution in [0.2, 0.25) is 0 Å². The van der Waals surface area contributed by atoms with Crippen molar-refractivity contribution in [2.45, 2.75) is 19.0 Å². The van der Waals surface area contributed by atoms with Gasteiger partial charge in [-0.15, -0.1) is 0 Å². The Labute approximate surface area is 151 Å². The topological polar surface area (TPSA) is 80.8 Å². The van der Waals surface area contributed by atoms with Crippen LogP contribution in [-0.2, 0) is 22.5 Å². The molecule has 0 unspecified atom stereocenters. The largest absolute Gasteiger partial charge is 0.497 e. The Morgan fingerprint density at radius 1 is 1.35 bits per heavy atom. The van der Waals surface area contributed by atoms with Crippen LogP contribution < -0.4 is 10.1 Å². The summed E-state index contributed by atoms with van der Waals surface area (Å²) < 4.78 is 10.3. The molecule has 0 bridgehead atoms. The number of nitrogens with zero attached hydrogens (tertiary/aromatic N) is 2. The summed E-state index contributed by atoms with van der Waals surface area (Å²) in [5.41, 5.74) is 1.77. The van der Waals surface area contributed by atoms with E-state index in [0.717, 1.165) is 11.3 Å². The minimum absolute atomic E-state index is 0.0538. The van der Waals surface area contributed by atoms with Crippen LogP contribution >= 0.6 is 0 Å². The maximum Gasteiger partial charge on any atom is 0.410 e. The predicted octanol–water partition coefficient (Wildman–Crippen LogP) is 1.77. The fourth-order valence-corrected chi connectivity index (χ4v) is 2.79. The highest BCUT2D eigenvalue weighted by Crippen LogP contribution is 2.19. The van der Waals surface area contributed by atoms with Crippen LogP contribution in [-0.4, -0.2) is 48.2 Å². The van der Waals surface area contributed by atoms with Crippen LogP contribution in [0.25, 0.3) is 0 Å². The lowest BCUT2D eigenvalue weighted by atomic mass is 10.1. The van der Waals surface area contributed by atoms with Crippen molar-refractivity contribution in [3.05, 3.63) is 59.9 Å². The van der Waals surface area contributed by atoms with E-state index in [1.54, 1.807) is 13.3 Å². The van der Waals surface area contributed by atoms with Crippen molar-refractivity contribution >= 4 is 12.0 Å². The number of methoxy groups -OCH3 is 1. The molecule has 1 aliphatic rings. The third-order valence-electron chi connectivity index (χ3n) is 4.17. The number of carbonyl (C=O) groups is 2. The standard InChI is InChI=1S/C19H21N3O4/c1-25-16-7-4-5-14(11-16)12-22-17(13-26-19(22)24)18(23)21-10-8-15-6-2-3-9-20-15/h2-7,9,11,17H,8,10,12-13H2,1H3,(H,21,23)/t17-/m0/s1. The number of carbonyl (C=O) groups excluding carboxylic acids is 2. The quantitative estimate of drug-likeness (QED) is 0.819. The summed E-state index contributed by atoms with van der Waals surface area (Å²) in [6.45, 7) is 0.792. The van der Waals surface area contributed by atoms with Gasteiger partial charge in [0.15, 0.2) is 0 Å². The SMILES string of the molecule is COc1cccc(CN2C(=O)OC[C@H]2C(=O)NCCc2ccccn2)c1. The van der Waals surface area contributed by atoms with Crippen LogP contribution in [0.1, 0.15) is 11.3 Å². The highest BCUT2D eigenvalue weighted by Gasteiger charge is 2.37. The van der Waals surface area contributed by atoms with Crippen LogP contribution in [0.15, 0.2) is 48.7 Å². The molecule has 1 N–H and O–H groups in total. The number of amides is 2. The lowest BCUT2D eigenvalue weighted by Crippen LogP contribution is -2.45. The van der Waals surface area contributed by atoms with Gasteiger partial charge >= 0.3 is 6.09 Å². The van der Waals surface area contributed by atoms with Gasteiger partial charge in [0.2, 0.25) is 5.91 Å². The molecule has 0 aliphatic carbocycles. The minimum Gasteiger partial charge on any atom is -0.497 e. The molecule has 2 amide bonds. The van der Waals surface area contributed by atoms with Crippen LogP contribution in [0.3, 0.4) is 0 Å². The summed E-state index contributed by atoms with van der Waals surface area (Å²) in [5.74, 6) is 0.473. The maximum atomic E-state index is 12.5. The summed E-state index contributed by atoms with van der Waals surface area (Å²) in [6.07, 6.45) is 1.86. The molecule has 0 radical (unpaired) electrons. The van der Waals surface area contributed by atoms with Crippen molar-refractivity contribution in [1.29, 1.82) is 0 Å². The van der Waals surface area contributed by atoms with E-state index in [2.05, 4.69) is 10.3 Å². The van der Waals surface area contributed by atoms with Crippen LogP contribution in [0.5, 0.6) is 5.75 Å². The predicted molar refractivity (Wildman–Crippen MR) is 94.6 cm³/mol.